The number of hydrogen-bond donors (Lipinski definition) is 1. The first-order valence-electron chi connectivity index (χ1n) is 8.25. The molecular weight excluding hydrogens is 374 g/mol. The Hall–Kier alpha value is -2.91. The first kappa shape index (κ1) is 17.5. The van der Waals surface area contributed by atoms with Crippen LogP contribution in [0.3, 0.4) is 0 Å². The topological polar surface area (TPSA) is 103 Å². The number of nitrogens with one attached hydrogen (secondary N) is 1. The van der Waals surface area contributed by atoms with E-state index in [2.05, 4.69) is 20.4 Å². The molecular formula is C17H16ClN5O4. The third-order valence-electron chi connectivity index (χ3n) is 4.19. The molecule has 3 aromatic rings. The van der Waals surface area contributed by atoms with Crippen molar-refractivity contribution in [2.24, 2.45) is 0 Å². The predicted octanol–water partition coefficient (Wildman–Crippen LogP) is 2.37. The zero-order valence-electron chi connectivity index (χ0n) is 14.4. The second kappa shape index (κ2) is 7.37. The van der Waals surface area contributed by atoms with Gasteiger partial charge < -0.3 is 24.2 Å². The summed E-state index contributed by atoms with van der Waals surface area (Å²) in [5.74, 6) is 0.673. The number of methoxy groups -OCH3 is 1. The molecule has 1 fully saturated rings. The van der Waals surface area contributed by atoms with Crippen molar-refractivity contribution < 1.29 is 18.8 Å². The van der Waals surface area contributed by atoms with Crippen molar-refractivity contribution in [2.45, 2.75) is 0 Å². The van der Waals surface area contributed by atoms with Crippen LogP contribution in [0, 0.1) is 0 Å². The number of nitrogens with zero attached hydrogens (tertiary/aromatic N) is 4. The molecule has 0 bridgehead atoms. The van der Waals surface area contributed by atoms with E-state index in [4.69, 9.17) is 25.6 Å². The van der Waals surface area contributed by atoms with E-state index in [1.165, 1.54) is 13.4 Å². The van der Waals surface area contributed by atoms with Crippen molar-refractivity contribution in [3.05, 3.63) is 35.2 Å². The highest BCUT2D eigenvalue weighted by molar-refractivity contribution is 6.32. The highest BCUT2D eigenvalue weighted by Crippen LogP contribution is 2.29. The SMILES string of the molecule is COc1ccc(NC(=O)c2noc3ncnc(N4CCOCC4)c23)cc1Cl. The number of anilines is 2. The zero-order chi connectivity index (χ0) is 18.8. The van der Waals surface area contributed by atoms with Gasteiger partial charge in [0.25, 0.3) is 11.6 Å². The van der Waals surface area contributed by atoms with Crippen LogP contribution in [0.1, 0.15) is 10.5 Å². The van der Waals surface area contributed by atoms with Crippen molar-refractivity contribution in [1.29, 1.82) is 0 Å². The van der Waals surface area contributed by atoms with Crippen LogP contribution in [0.4, 0.5) is 11.5 Å². The number of carbonyl (C=O) groups excluding carboxylic acids is 1. The number of aromatic nitrogens is 3. The third-order valence-corrected chi connectivity index (χ3v) is 4.48. The van der Waals surface area contributed by atoms with Crippen LogP contribution in [0.2, 0.25) is 5.02 Å². The van der Waals surface area contributed by atoms with E-state index in [-0.39, 0.29) is 11.4 Å². The van der Waals surface area contributed by atoms with E-state index in [1.807, 2.05) is 4.90 Å². The number of halogens is 1. The average molecular weight is 390 g/mol. The number of benzene rings is 1. The lowest BCUT2D eigenvalue weighted by molar-refractivity contribution is 0.102. The van der Waals surface area contributed by atoms with E-state index in [0.29, 0.717) is 54.0 Å². The second-order valence-corrected chi connectivity index (χ2v) is 6.22. The molecule has 3 heterocycles. The maximum Gasteiger partial charge on any atom is 0.278 e. The molecule has 1 aliphatic heterocycles. The molecule has 0 saturated carbocycles. The summed E-state index contributed by atoms with van der Waals surface area (Å²) in [7, 11) is 1.52. The Balaban J connectivity index is 1.66. The van der Waals surface area contributed by atoms with E-state index >= 15 is 0 Å². The average Bonchev–Trinajstić information content (AvgIpc) is 3.13. The number of carbonyl (C=O) groups is 1. The van der Waals surface area contributed by atoms with E-state index in [1.54, 1.807) is 18.2 Å². The van der Waals surface area contributed by atoms with Gasteiger partial charge in [-0.1, -0.05) is 16.8 Å². The molecule has 9 nitrogen and oxygen atoms in total. The lowest BCUT2D eigenvalue weighted by Gasteiger charge is -2.27. The molecule has 0 radical (unpaired) electrons. The highest BCUT2D eigenvalue weighted by atomic mass is 35.5. The second-order valence-electron chi connectivity index (χ2n) is 5.81. The number of rotatable bonds is 4. The molecule has 0 unspecified atom stereocenters. The van der Waals surface area contributed by atoms with Crippen LogP contribution < -0.4 is 15.0 Å². The number of amides is 1. The quantitative estimate of drug-likeness (QED) is 0.725. The minimum atomic E-state index is -0.445. The lowest BCUT2D eigenvalue weighted by Crippen LogP contribution is -2.37. The van der Waals surface area contributed by atoms with E-state index in [9.17, 15) is 4.79 Å². The molecule has 0 atom stereocenters. The Morgan fingerprint density at radius 3 is 2.85 bits per heavy atom. The van der Waals surface area contributed by atoms with Crippen molar-refractivity contribution >= 4 is 40.1 Å². The first-order chi connectivity index (χ1) is 13.2. The monoisotopic (exact) mass is 389 g/mol. The van der Waals surface area contributed by atoms with Crippen molar-refractivity contribution in [1.82, 2.24) is 15.1 Å². The normalized spacial score (nSPS) is 14.4. The van der Waals surface area contributed by atoms with Gasteiger partial charge in [-0.15, -0.1) is 0 Å². The van der Waals surface area contributed by atoms with Crippen LogP contribution in [-0.2, 0) is 4.74 Å². The molecule has 0 aliphatic carbocycles. The Morgan fingerprint density at radius 2 is 2.11 bits per heavy atom. The number of fused-ring (bicyclic) bond motifs is 1. The van der Waals surface area contributed by atoms with Gasteiger partial charge in [-0.05, 0) is 18.2 Å². The predicted molar refractivity (Wildman–Crippen MR) is 98.6 cm³/mol. The molecule has 140 valence electrons. The molecule has 10 heteroatoms. The summed E-state index contributed by atoms with van der Waals surface area (Å²) in [6.07, 6.45) is 1.39. The van der Waals surface area contributed by atoms with Gasteiger partial charge in [-0.2, -0.15) is 4.98 Å². The lowest BCUT2D eigenvalue weighted by atomic mass is 10.2. The molecule has 1 aromatic carbocycles. The third kappa shape index (κ3) is 3.38. The molecule has 0 spiro atoms. The fraction of sp³-hybridized carbons (Fsp3) is 0.294. The summed E-state index contributed by atoms with van der Waals surface area (Å²) in [4.78, 5) is 23.2. The minimum absolute atomic E-state index is 0.110. The zero-order valence-corrected chi connectivity index (χ0v) is 15.2. The maximum absolute atomic E-state index is 12.8. The van der Waals surface area contributed by atoms with Crippen LogP contribution in [0.15, 0.2) is 29.0 Å². The molecule has 1 aliphatic rings. The fourth-order valence-corrected chi connectivity index (χ4v) is 3.13. The number of hydrogen-bond acceptors (Lipinski definition) is 8. The van der Waals surface area contributed by atoms with Crippen molar-refractivity contribution in [3.63, 3.8) is 0 Å². The molecule has 27 heavy (non-hydrogen) atoms. The number of ether oxygens (including phenoxy) is 2. The van der Waals surface area contributed by atoms with E-state index in [0.717, 1.165) is 0 Å². The molecule has 2 aromatic heterocycles. The summed E-state index contributed by atoms with van der Waals surface area (Å²) >= 11 is 6.11. The Labute approximate surface area is 159 Å². The van der Waals surface area contributed by atoms with Crippen LogP contribution in [0.25, 0.3) is 11.1 Å². The van der Waals surface area contributed by atoms with Gasteiger partial charge in [-0.25, -0.2) is 4.98 Å². The molecule has 1 saturated heterocycles. The largest absolute Gasteiger partial charge is 0.495 e. The molecule has 1 amide bonds. The molecule has 4 rings (SSSR count). The van der Waals surface area contributed by atoms with Gasteiger partial charge in [0.15, 0.2) is 5.69 Å². The van der Waals surface area contributed by atoms with Crippen LogP contribution in [0.5, 0.6) is 5.75 Å². The summed E-state index contributed by atoms with van der Waals surface area (Å²) in [5, 5.41) is 7.51. The summed E-state index contributed by atoms with van der Waals surface area (Å²) in [5.41, 5.74) is 0.871. The van der Waals surface area contributed by atoms with Gasteiger partial charge in [0.2, 0.25) is 0 Å². The van der Waals surface area contributed by atoms with Crippen molar-refractivity contribution in [2.75, 3.05) is 43.6 Å². The van der Waals surface area contributed by atoms with Gasteiger partial charge in [0.05, 0.1) is 25.3 Å². The molecule has 1 N–H and O–H groups in total. The highest BCUT2D eigenvalue weighted by Gasteiger charge is 2.25. The first-order valence-corrected chi connectivity index (χ1v) is 8.63. The standard InChI is InChI=1S/C17H16ClN5O4/c1-25-12-3-2-10(8-11(12)18)21-16(24)14-13-15(23-4-6-26-7-5-23)19-9-20-17(13)27-22-14/h2-3,8-9H,4-7H2,1H3,(H,21,24). The maximum atomic E-state index is 12.8. The fourth-order valence-electron chi connectivity index (χ4n) is 2.88. The number of morpholine rings is 1. The Bertz CT molecular complexity index is 987. The van der Waals surface area contributed by atoms with Gasteiger partial charge in [0, 0.05) is 18.8 Å². The van der Waals surface area contributed by atoms with Crippen molar-refractivity contribution in [3.8, 4) is 5.75 Å². The minimum Gasteiger partial charge on any atom is -0.495 e. The van der Waals surface area contributed by atoms with Gasteiger partial charge in [-0.3, -0.25) is 4.79 Å². The van der Waals surface area contributed by atoms with E-state index < -0.39 is 5.91 Å². The Kier molecular flexibility index (Phi) is 4.78. The Morgan fingerprint density at radius 1 is 1.30 bits per heavy atom. The summed E-state index contributed by atoms with van der Waals surface area (Å²) < 4.78 is 15.7. The van der Waals surface area contributed by atoms with Crippen LogP contribution in [-0.4, -0.2) is 54.4 Å². The smallest absolute Gasteiger partial charge is 0.278 e. The van der Waals surface area contributed by atoms with Gasteiger partial charge >= 0.3 is 0 Å². The summed E-state index contributed by atoms with van der Waals surface area (Å²) in [6, 6.07) is 4.95. The van der Waals surface area contributed by atoms with Crippen LogP contribution >= 0.6 is 11.6 Å². The summed E-state index contributed by atoms with van der Waals surface area (Å²) in [6.45, 7) is 2.49. The van der Waals surface area contributed by atoms with Gasteiger partial charge in [0.1, 0.15) is 23.3 Å².